The zero-order valence-electron chi connectivity index (χ0n) is 8.71. The van der Waals surface area contributed by atoms with E-state index in [4.69, 9.17) is 5.11 Å². The summed E-state index contributed by atoms with van der Waals surface area (Å²) in [6.07, 6.45) is 12.7. The molecule has 1 N–H and O–H groups in total. The molecule has 0 unspecified atom stereocenters. The van der Waals surface area contributed by atoms with Crippen LogP contribution in [-0.4, -0.2) is 12.3 Å². The Labute approximate surface area is 85.5 Å². The quantitative estimate of drug-likeness (QED) is 0.410. The highest BCUT2D eigenvalue weighted by molar-refractivity contribution is 5.04. The molecule has 0 saturated heterocycles. The Kier molecular flexibility index (Phi) is 68.8. The van der Waals surface area contributed by atoms with Crippen LogP contribution >= 0.6 is 0 Å². The molecule has 0 saturated carbocycles. The third-order valence-electron chi connectivity index (χ3n) is 0.534. The Hall–Kier alpha value is -1.56. The van der Waals surface area contributed by atoms with E-state index in [0.717, 1.165) is 12.7 Å². The second kappa shape index (κ2) is 42.1. The zero-order valence-corrected chi connectivity index (χ0v) is 8.71. The third-order valence-corrected chi connectivity index (χ3v) is 0.534. The Morgan fingerprint density at radius 1 is 1.43 bits per heavy atom. The molecular weight excluding hydrogens is 186 g/mol. The first-order chi connectivity index (χ1) is 6.68. The van der Waals surface area contributed by atoms with Gasteiger partial charge in [0.05, 0.1) is 13.4 Å². The van der Waals surface area contributed by atoms with Gasteiger partial charge in [0, 0.05) is 0 Å². The van der Waals surface area contributed by atoms with Gasteiger partial charge in [-0.25, -0.2) is 4.39 Å². The van der Waals surface area contributed by atoms with E-state index in [9.17, 15) is 8.78 Å². The first-order valence-electron chi connectivity index (χ1n) is 3.66. The van der Waals surface area contributed by atoms with Gasteiger partial charge in [0.1, 0.15) is 5.83 Å². The summed E-state index contributed by atoms with van der Waals surface area (Å²) in [5, 5.41) is 7.33. The average molecular weight is 204 g/mol. The zero-order chi connectivity index (χ0) is 12.4. The van der Waals surface area contributed by atoms with Crippen LogP contribution < -0.4 is 0 Å². The molecule has 1 nitrogen and oxygen atoms in total. The van der Waals surface area contributed by atoms with Crippen molar-refractivity contribution in [1.29, 1.82) is 0 Å². The van der Waals surface area contributed by atoms with Gasteiger partial charge in [-0.3, -0.25) is 4.39 Å². The number of hydrogen-bond donors (Lipinski definition) is 1. The second-order valence-electron chi connectivity index (χ2n) is 1.44. The first kappa shape index (κ1) is 22.9. The lowest BCUT2D eigenvalue weighted by molar-refractivity contribution is 0.476. The van der Waals surface area contributed by atoms with Crippen LogP contribution in [0.4, 0.5) is 8.78 Å². The fourth-order valence-corrected chi connectivity index (χ4v) is 0.246. The summed E-state index contributed by atoms with van der Waals surface area (Å²) in [7, 11) is 0.500. The van der Waals surface area contributed by atoms with E-state index in [1.165, 1.54) is 6.08 Å². The molecule has 0 aromatic carbocycles. The van der Waals surface area contributed by atoms with E-state index in [0.29, 0.717) is 7.18 Å². The Balaban J connectivity index is -0.0000000603. The Bertz CT molecular complexity index is 149. The number of alkyl halides is 1. The molecule has 0 spiro atoms. The van der Waals surface area contributed by atoms with Crippen LogP contribution in [0.2, 0.25) is 0 Å². The van der Waals surface area contributed by atoms with Crippen molar-refractivity contribution < 1.29 is 13.9 Å². The van der Waals surface area contributed by atoms with Crippen molar-refractivity contribution in [2.45, 2.75) is 13.3 Å². The maximum atomic E-state index is 11.6. The van der Waals surface area contributed by atoms with Crippen molar-refractivity contribution >= 4 is 0 Å². The highest BCUT2D eigenvalue weighted by Gasteiger charge is 1.73. The minimum Gasteiger partial charge on any atom is -0.516 e. The van der Waals surface area contributed by atoms with Crippen LogP contribution in [0.25, 0.3) is 0 Å². The molecule has 82 valence electrons. The van der Waals surface area contributed by atoms with Gasteiger partial charge < -0.3 is 5.11 Å². The summed E-state index contributed by atoms with van der Waals surface area (Å²) in [4.78, 5) is 0. The monoisotopic (exact) mass is 204 g/mol. The molecule has 0 atom stereocenters. The van der Waals surface area contributed by atoms with Crippen LogP contribution in [0, 0.1) is 12.8 Å². The van der Waals surface area contributed by atoms with Gasteiger partial charge >= 0.3 is 0 Å². The largest absolute Gasteiger partial charge is 0.516 e. The van der Waals surface area contributed by atoms with Gasteiger partial charge in [-0.05, 0) is 12.5 Å². The predicted octanol–water partition coefficient (Wildman–Crippen LogP) is 3.96. The molecule has 3 heteroatoms. The van der Waals surface area contributed by atoms with Crippen LogP contribution in [-0.2, 0) is 0 Å². The van der Waals surface area contributed by atoms with Crippen LogP contribution in [0.3, 0.4) is 0 Å². The van der Waals surface area contributed by atoms with E-state index in [1.807, 2.05) is 6.92 Å². The fraction of sp³-hybridized carbons (Fsp3) is 0.273. The highest BCUT2D eigenvalue weighted by Crippen LogP contribution is 1.92. The van der Waals surface area contributed by atoms with Gasteiger partial charge in [-0.1, -0.05) is 26.2 Å². The van der Waals surface area contributed by atoms with Crippen LogP contribution in [0.15, 0.2) is 37.4 Å². The van der Waals surface area contributed by atoms with Gasteiger partial charge in [0.25, 0.3) is 0 Å². The predicted molar refractivity (Wildman–Crippen MR) is 59.4 cm³/mol. The minimum atomic E-state index is -0.373. The van der Waals surface area contributed by atoms with Crippen LogP contribution in [0.5, 0.6) is 0 Å². The standard InChI is InChI=1S/C6H9F.C2H4O.C2H2.CH3F/c1-3-4-5-6(2)7;1-2-3;2*1-2/h4-5H,2-3H2,1H3;2-3H,1H2;1-2H;1H3/b5-4-;;;. The molecule has 0 aliphatic rings. The van der Waals surface area contributed by atoms with Gasteiger partial charge in [-0.2, -0.15) is 0 Å². The summed E-state index contributed by atoms with van der Waals surface area (Å²) in [6, 6.07) is 0. The van der Waals surface area contributed by atoms with E-state index >= 15 is 0 Å². The van der Waals surface area contributed by atoms with E-state index in [1.54, 1.807) is 6.08 Å². The van der Waals surface area contributed by atoms with Crippen LogP contribution in [0.1, 0.15) is 13.3 Å². The number of allylic oxidation sites excluding steroid dienone is 3. The Morgan fingerprint density at radius 2 is 1.71 bits per heavy atom. The molecular formula is C11H18F2O. The molecule has 0 aromatic rings. The number of hydrogen-bond acceptors (Lipinski definition) is 1. The van der Waals surface area contributed by atoms with Crippen molar-refractivity contribution in [2.75, 3.05) is 7.18 Å². The first-order valence-corrected chi connectivity index (χ1v) is 3.66. The summed E-state index contributed by atoms with van der Waals surface area (Å²) in [5.41, 5.74) is 0. The smallest absolute Gasteiger partial charge is 0.115 e. The van der Waals surface area contributed by atoms with Crippen molar-refractivity contribution in [3.05, 3.63) is 37.4 Å². The SMILES string of the molecule is C#C.C=C(F)/C=C\CC.C=CO.CF. The van der Waals surface area contributed by atoms with E-state index < -0.39 is 0 Å². The molecule has 0 heterocycles. The number of terminal acetylenes is 1. The lowest BCUT2D eigenvalue weighted by atomic mass is 10.4. The maximum absolute atomic E-state index is 11.6. The third kappa shape index (κ3) is 156. The fourth-order valence-electron chi connectivity index (χ4n) is 0.246. The molecule has 0 aliphatic heterocycles. The van der Waals surface area contributed by atoms with Gasteiger partial charge in [-0.15, -0.1) is 12.8 Å². The molecule has 0 bridgehead atoms. The summed E-state index contributed by atoms with van der Waals surface area (Å²) < 4.78 is 21.1. The minimum absolute atomic E-state index is 0.373. The van der Waals surface area contributed by atoms with Gasteiger partial charge in [0.2, 0.25) is 0 Å². The average Bonchev–Trinajstić information content (AvgIpc) is 2.22. The number of rotatable bonds is 2. The number of aliphatic hydroxyl groups excluding tert-OH is 1. The summed E-state index contributed by atoms with van der Waals surface area (Å²) in [5.74, 6) is -0.373. The molecule has 0 rings (SSSR count). The molecule has 0 aliphatic carbocycles. The van der Waals surface area contributed by atoms with Crippen molar-refractivity contribution in [3.63, 3.8) is 0 Å². The highest BCUT2D eigenvalue weighted by atomic mass is 19.1. The Morgan fingerprint density at radius 3 is 1.79 bits per heavy atom. The van der Waals surface area contributed by atoms with Crippen molar-refractivity contribution in [3.8, 4) is 12.8 Å². The lowest BCUT2D eigenvalue weighted by Crippen LogP contribution is -1.56. The summed E-state index contributed by atoms with van der Waals surface area (Å²) >= 11 is 0. The molecule has 0 amide bonds. The molecule has 0 aromatic heterocycles. The molecule has 0 fully saturated rings. The normalized spacial score (nSPS) is 6.43. The lowest BCUT2D eigenvalue weighted by Gasteiger charge is -1.75. The number of halogens is 2. The van der Waals surface area contributed by atoms with E-state index in [-0.39, 0.29) is 5.83 Å². The topological polar surface area (TPSA) is 20.2 Å². The number of aliphatic hydroxyl groups is 1. The second-order valence-corrected chi connectivity index (χ2v) is 1.44. The van der Waals surface area contributed by atoms with Crippen molar-refractivity contribution in [2.24, 2.45) is 0 Å². The summed E-state index contributed by atoms with van der Waals surface area (Å²) in [6.45, 7) is 7.90. The van der Waals surface area contributed by atoms with Crippen molar-refractivity contribution in [1.82, 2.24) is 0 Å². The maximum Gasteiger partial charge on any atom is 0.115 e. The van der Waals surface area contributed by atoms with Gasteiger partial charge in [0.15, 0.2) is 0 Å². The molecule has 14 heavy (non-hydrogen) atoms. The van der Waals surface area contributed by atoms with E-state index in [2.05, 4.69) is 26.0 Å². The molecule has 0 radical (unpaired) electrons.